The molecule has 0 aromatic carbocycles. The van der Waals surface area contributed by atoms with E-state index in [2.05, 4.69) is 22.6 Å². The summed E-state index contributed by atoms with van der Waals surface area (Å²) in [5, 5.41) is 21.6. The molecule has 33 heavy (non-hydrogen) atoms. The Morgan fingerprint density at radius 1 is 1.30 bits per heavy atom. The van der Waals surface area contributed by atoms with Crippen LogP contribution in [-0.2, 0) is 9.59 Å². The van der Waals surface area contributed by atoms with Crippen LogP contribution in [-0.4, -0.2) is 54.6 Å². The van der Waals surface area contributed by atoms with E-state index in [1.54, 1.807) is 32.6 Å². The molecule has 9 atom stereocenters. The minimum absolute atomic E-state index is 0.0629. The first-order valence-electron chi connectivity index (χ1n) is 11.2. The predicted molar refractivity (Wildman–Crippen MR) is 121 cm³/mol. The van der Waals surface area contributed by atoms with Gasteiger partial charge in [0.1, 0.15) is 11.8 Å². The molecule has 0 saturated heterocycles. The van der Waals surface area contributed by atoms with Crippen molar-refractivity contribution in [2.45, 2.75) is 63.6 Å². The Morgan fingerprint density at radius 3 is 2.55 bits per heavy atom. The molecule has 1 heterocycles. The van der Waals surface area contributed by atoms with Gasteiger partial charge in [0.05, 0.1) is 12.4 Å². The molecule has 0 amide bonds. The summed E-state index contributed by atoms with van der Waals surface area (Å²) < 4.78 is 32.0. The number of aromatic nitrogens is 2. The molecule has 0 radical (unpaired) electrons. The van der Waals surface area contributed by atoms with Gasteiger partial charge in [-0.15, -0.1) is 12.6 Å². The summed E-state index contributed by atoms with van der Waals surface area (Å²) in [5.74, 6) is -2.29. The molecule has 180 valence electrons. The van der Waals surface area contributed by atoms with Gasteiger partial charge < -0.3 is 15.2 Å². The van der Waals surface area contributed by atoms with E-state index < -0.39 is 63.0 Å². The van der Waals surface area contributed by atoms with E-state index in [1.165, 1.54) is 19.1 Å². The topological polar surface area (TPSA) is 103 Å². The van der Waals surface area contributed by atoms with Crippen molar-refractivity contribution in [2.24, 2.45) is 28.6 Å². The normalized spacial score (nSPS) is 48.1. The van der Waals surface area contributed by atoms with Crippen LogP contribution < -0.4 is 0 Å². The van der Waals surface area contributed by atoms with Crippen molar-refractivity contribution >= 4 is 23.5 Å². The zero-order chi connectivity index (χ0) is 24.4. The van der Waals surface area contributed by atoms with Crippen LogP contribution in [0.15, 0.2) is 42.5 Å². The van der Waals surface area contributed by atoms with Crippen molar-refractivity contribution in [3.8, 4) is 0 Å². The molecular formula is C24H30F2N2O4S. The number of aliphatic hydroxyl groups is 2. The van der Waals surface area contributed by atoms with Gasteiger partial charge in [0.25, 0.3) is 0 Å². The van der Waals surface area contributed by atoms with Crippen molar-refractivity contribution < 1.29 is 28.6 Å². The Labute approximate surface area is 197 Å². The SMILES string of the molecule is C[C@@H]1C[C@H]2[C@@H]3C[C@H](F)C4=CC(=O)C=C[C@]4(C)[C@@]3(F)[C@@H](O)C[C@]2(C)[C@@]1(O)C(=O)S.c1c[nH]cn1. The average molecular weight is 481 g/mol. The lowest BCUT2D eigenvalue weighted by Crippen LogP contribution is -2.70. The lowest BCUT2D eigenvalue weighted by Gasteiger charge is -2.62. The van der Waals surface area contributed by atoms with Crippen LogP contribution in [0.3, 0.4) is 0 Å². The highest BCUT2D eigenvalue weighted by Crippen LogP contribution is 2.71. The standard InChI is InChI=1S/C21H26F2O4S.C3H4N2/c1-10-6-12-13-8-15(22)14-7-11(24)4-5-18(14,2)20(13,23)16(25)9-19(12,3)21(10,27)17(26)28;1-2-5-3-4-1/h4-5,7,10,12-13,15-16,25,27H,6,8-9H2,1-3H3,(H,26,28);1-3H,(H,4,5)/t10-,12+,13+,15+,16+,18+,19+,20+,21+;/m1./s1. The van der Waals surface area contributed by atoms with E-state index in [-0.39, 0.29) is 18.4 Å². The zero-order valence-corrected chi connectivity index (χ0v) is 19.7. The quantitative estimate of drug-likeness (QED) is 0.463. The fourth-order valence-electron chi connectivity index (χ4n) is 7.21. The number of thiol groups is 1. The van der Waals surface area contributed by atoms with Gasteiger partial charge in [-0.3, -0.25) is 9.59 Å². The highest BCUT2D eigenvalue weighted by atomic mass is 32.1. The Kier molecular flexibility index (Phi) is 5.78. The van der Waals surface area contributed by atoms with Gasteiger partial charge in [0.15, 0.2) is 11.5 Å². The molecule has 5 rings (SSSR count). The molecule has 1 aromatic heterocycles. The number of nitrogens with one attached hydrogen (secondary N) is 1. The Hall–Kier alpha value is -1.84. The molecule has 4 aliphatic rings. The van der Waals surface area contributed by atoms with Crippen molar-refractivity contribution in [2.75, 3.05) is 0 Å². The molecule has 0 spiro atoms. The van der Waals surface area contributed by atoms with E-state index in [9.17, 15) is 19.8 Å². The Morgan fingerprint density at radius 2 is 2.00 bits per heavy atom. The van der Waals surface area contributed by atoms with Gasteiger partial charge in [-0.1, -0.05) is 19.9 Å². The van der Waals surface area contributed by atoms with Gasteiger partial charge in [0, 0.05) is 29.1 Å². The molecule has 6 nitrogen and oxygen atoms in total. The van der Waals surface area contributed by atoms with Crippen molar-refractivity contribution in [1.82, 2.24) is 9.97 Å². The Bertz CT molecular complexity index is 999. The van der Waals surface area contributed by atoms with Crippen LogP contribution in [0.25, 0.3) is 0 Å². The maximum atomic E-state index is 16.8. The minimum atomic E-state index is -2.20. The molecule has 1 aromatic rings. The summed E-state index contributed by atoms with van der Waals surface area (Å²) >= 11 is 3.90. The molecule has 4 aliphatic carbocycles. The second-order valence-electron chi connectivity index (χ2n) is 10.3. The number of fused-ring (bicyclic) bond motifs is 5. The third kappa shape index (κ3) is 3.08. The number of hydrogen-bond acceptors (Lipinski definition) is 5. The van der Waals surface area contributed by atoms with Crippen LogP contribution in [0.4, 0.5) is 8.78 Å². The Balaban J connectivity index is 0.000000459. The molecule has 3 N–H and O–H groups in total. The maximum absolute atomic E-state index is 16.8. The van der Waals surface area contributed by atoms with E-state index in [0.29, 0.717) is 6.42 Å². The number of carbonyl (C=O) groups is 2. The third-order valence-electron chi connectivity index (χ3n) is 8.94. The number of aliphatic hydroxyl groups excluding tert-OH is 1. The number of hydrogen-bond donors (Lipinski definition) is 4. The number of aromatic amines is 1. The van der Waals surface area contributed by atoms with E-state index >= 15 is 8.78 Å². The monoisotopic (exact) mass is 480 g/mol. The lowest BCUT2D eigenvalue weighted by atomic mass is 9.44. The van der Waals surface area contributed by atoms with Crippen molar-refractivity contribution in [1.29, 1.82) is 0 Å². The first kappa shape index (κ1) is 24.3. The second-order valence-corrected chi connectivity index (χ2v) is 10.7. The fourth-order valence-corrected chi connectivity index (χ4v) is 7.69. The first-order chi connectivity index (χ1) is 15.3. The molecule has 0 aliphatic heterocycles. The van der Waals surface area contributed by atoms with E-state index in [0.717, 1.165) is 6.08 Å². The second kappa shape index (κ2) is 7.85. The highest BCUT2D eigenvalue weighted by molar-refractivity contribution is 7.96. The number of carbonyl (C=O) groups excluding carboxylic acids is 2. The molecule has 0 bridgehead atoms. The summed E-state index contributed by atoms with van der Waals surface area (Å²) in [6.45, 7) is 4.92. The van der Waals surface area contributed by atoms with Crippen molar-refractivity contribution in [3.63, 3.8) is 0 Å². The summed E-state index contributed by atoms with van der Waals surface area (Å²) in [5.41, 5.74) is -6.53. The number of rotatable bonds is 1. The average Bonchev–Trinajstić information content (AvgIpc) is 3.39. The van der Waals surface area contributed by atoms with Gasteiger partial charge in [-0.2, -0.15) is 0 Å². The summed E-state index contributed by atoms with van der Waals surface area (Å²) in [6, 6.07) is 0. The molecular weight excluding hydrogens is 450 g/mol. The number of nitrogens with zero attached hydrogens (tertiary/aromatic N) is 1. The van der Waals surface area contributed by atoms with Gasteiger partial charge in [0.2, 0.25) is 5.12 Å². The summed E-state index contributed by atoms with van der Waals surface area (Å²) in [6.07, 6.45) is 5.79. The van der Waals surface area contributed by atoms with Gasteiger partial charge in [-0.25, -0.2) is 13.8 Å². The van der Waals surface area contributed by atoms with Crippen LogP contribution in [0.2, 0.25) is 0 Å². The smallest absolute Gasteiger partial charge is 0.218 e. The minimum Gasteiger partial charge on any atom is -0.390 e. The van der Waals surface area contributed by atoms with Crippen LogP contribution in [0.5, 0.6) is 0 Å². The lowest BCUT2D eigenvalue weighted by molar-refractivity contribution is -0.221. The van der Waals surface area contributed by atoms with E-state index in [4.69, 9.17) is 0 Å². The first-order valence-corrected chi connectivity index (χ1v) is 11.6. The van der Waals surface area contributed by atoms with Gasteiger partial charge in [-0.05, 0) is 55.7 Å². The number of ketones is 1. The molecule has 0 unspecified atom stereocenters. The van der Waals surface area contributed by atoms with Crippen molar-refractivity contribution in [3.05, 3.63) is 42.5 Å². The largest absolute Gasteiger partial charge is 0.390 e. The fraction of sp³-hybridized carbons (Fsp3) is 0.625. The number of imidazole rings is 1. The number of H-pyrrole nitrogens is 1. The van der Waals surface area contributed by atoms with Gasteiger partial charge >= 0.3 is 0 Å². The number of allylic oxidation sites excluding steroid dienone is 4. The maximum Gasteiger partial charge on any atom is 0.218 e. The zero-order valence-electron chi connectivity index (χ0n) is 18.8. The van der Waals surface area contributed by atoms with Crippen LogP contribution in [0.1, 0.15) is 40.0 Å². The molecule has 3 saturated carbocycles. The highest BCUT2D eigenvalue weighted by Gasteiger charge is 2.76. The van der Waals surface area contributed by atoms with Crippen LogP contribution >= 0.6 is 12.6 Å². The predicted octanol–water partition coefficient (Wildman–Crippen LogP) is 3.15. The summed E-state index contributed by atoms with van der Waals surface area (Å²) in [7, 11) is 0. The molecule has 9 heteroatoms. The van der Waals surface area contributed by atoms with E-state index in [1.807, 2.05) is 0 Å². The van der Waals surface area contributed by atoms with Crippen LogP contribution in [0, 0.1) is 28.6 Å². The number of alkyl halides is 2. The summed E-state index contributed by atoms with van der Waals surface area (Å²) in [4.78, 5) is 30.5. The molecule has 3 fully saturated rings. The third-order valence-corrected chi connectivity index (χ3v) is 9.28. The number of halogens is 2.